The number of para-hydroxylation sites is 1. The lowest BCUT2D eigenvalue weighted by Crippen LogP contribution is -2.34. The summed E-state index contributed by atoms with van der Waals surface area (Å²) in [6.07, 6.45) is 1.49. The lowest BCUT2D eigenvalue weighted by Gasteiger charge is -2.10. The number of hydrogen-bond donors (Lipinski definition) is 2. The van der Waals surface area contributed by atoms with Crippen LogP contribution in [0, 0.1) is 6.92 Å². The molecule has 0 unspecified atom stereocenters. The highest BCUT2D eigenvalue weighted by atomic mass is 35.5. The summed E-state index contributed by atoms with van der Waals surface area (Å²) in [6, 6.07) is 21.9. The van der Waals surface area contributed by atoms with E-state index in [1.807, 2.05) is 61.5 Å². The van der Waals surface area contributed by atoms with Gasteiger partial charge in [0.15, 0.2) is 0 Å². The first kappa shape index (κ1) is 22.1. The van der Waals surface area contributed by atoms with Crippen molar-refractivity contribution in [2.45, 2.75) is 13.5 Å². The Bertz CT molecular complexity index is 1080. The van der Waals surface area contributed by atoms with Crippen LogP contribution in [0.3, 0.4) is 0 Å². The number of hydrogen-bond acceptors (Lipinski definition) is 4. The first-order valence-electron chi connectivity index (χ1n) is 9.65. The van der Waals surface area contributed by atoms with Crippen molar-refractivity contribution in [1.82, 2.24) is 10.7 Å². The molecule has 0 atom stereocenters. The topological polar surface area (TPSA) is 79.8 Å². The minimum absolute atomic E-state index is 0.186. The number of carbonyl (C=O) groups is 2. The maximum Gasteiger partial charge on any atom is 0.259 e. The van der Waals surface area contributed by atoms with E-state index in [-0.39, 0.29) is 12.5 Å². The van der Waals surface area contributed by atoms with E-state index in [0.29, 0.717) is 28.5 Å². The van der Waals surface area contributed by atoms with Gasteiger partial charge in [-0.2, -0.15) is 5.10 Å². The molecule has 158 valence electrons. The second kappa shape index (κ2) is 10.9. The molecule has 6 nitrogen and oxygen atoms in total. The average molecular weight is 436 g/mol. The van der Waals surface area contributed by atoms with Crippen LogP contribution in [0.2, 0.25) is 5.02 Å². The molecule has 2 N–H and O–H groups in total. The number of halogens is 1. The van der Waals surface area contributed by atoms with Gasteiger partial charge in [0, 0.05) is 21.7 Å². The highest BCUT2D eigenvalue weighted by Crippen LogP contribution is 2.20. The molecule has 0 bridgehead atoms. The molecule has 0 spiro atoms. The molecule has 0 saturated carbocycles. The summed E-state index contributed by atoms with van der Waals surface area (Å²) in [5, 5.41) is 7.15. The van der Waals surface area contributed by atoms with Gasteiger partial charge in [-0.3, -0.25) is 9.59 Å². The fraction of sp³-hybridized carbons (Fsp3) is 0.125. The highest BCUT2D eigenvalue weighted by molar-refractivity contribution is 6.31. The average Bonchev–Trinajstić information content (AvgIpc) is 2.78. The summed E-state index contributed by atoms with van der Waals surface area (Å²) in [4.78, 5) is 24.0. The van der Waals surface area contributed by atoms with Gasteiger partial charge >= 0.3 is 0 Å². The molecular weight excluding hydrogens is 414 g/mol. The van der Waals surface area contributed by atoms with Crippen LogP contribution in [0.1, 0.15) is 27.0 Å². The summed E-state index contributed by atoms with van der Waals surface area (Å²) in [7, 11) is 0. The van der Waals surface area contributed by atoms with E-state index in [4.69, 9.17) is 16.3 Å². The zero-order valence-corrected chi connectivity index (χ0v) is 17.7. The van der Waals surface area contributed by atoms with E-state index in [1.165, 1.54) is 6.21 Å². The Morgan fingerprint density at radius 1 is 1.00 bits per heavy atom. The van der Waals surface area contributed by atoms with Crippen LogP contribution < -0.4 is 15.5 Å². The van der Waals surface area contributed by atoms with Gasteiger partial charge in [0.2, 0.25) is 0 Å². The number of amides is 2. The molecule has 0 aliphatic heterocycles. The van der Waals surface area contributed by atoms with E-state index < -0.39 is 5.91 Å². The zero-order chi connectivity index (χ0) is 22.1. The molecule has 7 heteroatoms. The number of rotatable bonds is 8. The first-order valence-corrected chi connectivity index (χ1v) is 10.0. The molecule has 0 aliphatic carbocycles. The van der Waals surface area contributed by atoms with Gasteiger partial charge in [0.25, 0.3) is 11.8 Å². The normalized spacial score (nSPS) is 10.6. The number of benzene rings is 3. The van der Waals surface area contributed by atoms with Gasteiger partial charge in [-0.05, 0) is 37.3 Å². The number of ether oxygens (including phenoxy) is 1. The van der Waals surface area contributed by atoms with Crippen LogP contribution in [0.5, 0.6) is 5.75 Å². The largest absolute Gasteiger partial charge is 0.488 e. The molecule has 2 amide bonds. The summed E-state index contributed by atoms with van der Waals surface area (Å²) < 4.78 is 5.85. The van der Waals surface area contributed by atoms with E-state index in [0.717, 1.165) is 11.1 Å². The summed E-state index contributed by atoms with van der Waals surface area (Å²) >= 11 is 6.16. The highest BCUT2D eigenvalue weighted by Gasteiger charge is 2.08. The van der Waals surface area contributed by atoms with Crippen LogP contribution in [-0.4, -0.2) is 24.6 Å². The summed E-state index contributed by atoms with van der Waals surface area (Å²) in [6.45, 7) is 2.06. The molecule has 0 aliphatic rings. The number of hydrazone groups is 1. The SMILES string of the molecule is Cc1ccc(C(=O)NCC(=O)NN=Cc2ccccc2OCc2ccccc2Cl)cc1. The van der Waals surface area contributed by atoms with E-state index in [2.05, 4.69) is 15.8 Å². The fourth-order valence-corrected chi connectivity index (χ4v) is 2.86. The zero-order valence-electron chi connectivity index (χ0n) is 17.0. The maximum absolute atomic E-state index is 12.1. The molecule has 0 fully saturated rings. The smallest absolute Gasteiger partial charge is 0.259 e. The van der Waals surface area contributed by atoms with Crippen molar-refractivity contribution in [3.05, 3.63) is 100 Å². The Kier molecular flexibility index (Phi) is 7.79. The Hall–Kier alpha value is -3.64. The van der Waals surface area contributed by atoms with Crippen molar-refractivity contribution in [2.75, 3.05) is 6.54 Å². The third-order valence-corrected chi connectivity index (χ3v) is 4.74. The second-order valence-corrected chi connectivity index (χ2v) is 7.17. The summed E-state index contributed by atoms with van der Waals surface area (Å²) in [5.74, 6) is -0.156. The minimum Gasteiger partial charge on any atom is -0.488 e. The number of carbonyl (C=O) groups excluding carboxylic acids is 2. The van der Waals surface area contributed by atoms with Gasteiger partial charge in [-0.25, -0.2) is 5.43 Å². The predicted octanol–water partition coefficient (Wildman–Crippen LogP) is 4.11. The van der Waals surface area contributed by atoms with E-state index in [9.17, 15) is 9.59 Å². The molecule has 0 radical (unpaired) electrons. The van der Waals surface area contributed by atoms with Crippen molar-refractivity contribution in [3.63, 3.8) is 0 Å². The molecular formula is C24H22ClN3O3. The van der Waals surface area contributed by atoms with Crippen LogP contribution >= 0.6 is 11.6 Å². The van der Waals surface area contributed by atoms with Gasteiger partial charge in [0.1, 0.15) is 12.4 Å². The lowest BCUT2D eigenvalue weighted by molar-refractivity contribution is -0.120. The standard InChI is InChI=1S/C24H22ClN3O3/c1-17-10-12-18(13-11-17)24(30)26-15-23(29)28-27-14-19-6-3-5-9-22(19)31-16-20-7-2-4-8-21(20)25/h2-14H,15-16H2,1H3,(H,26,30)(H,28,29). The second-order valence-electron chi connectivity index (χ2n) is 6.76. The van der Waals surface area contributed by atoms with Crippen LogP contribution in [0.15, 0.2) is 77.9 Å². The van der Waals surface area contributed by atoms with Crippen molar-refractivity contribution in [2.24, 2.45) is 5.10 Å². The Balaban J connectivity index is 1.51. The molecule has 0 saturated heterocycles. The predicted molar refractivity (Wildman–Crippen MR) is 121 cm³/mol. The number of aryl methyl sites for hydroxylation is 1. The minimum atomic E-state index is -0.439. The molecule has 0 aromatic heterocycles. The van der Waals surface area contributed by atoms with Gasteiger partial charge in [-0.15, -0.1) is 0 Å². The van der Waals surface area contributed by atoms with Crippen molar-refractivity contribution < 1.29 is 14.3 Å². The van der Waals surface area contributed by atoms with Gasteiger partial charge in [-0.1, -0.05) is 59.6 Å². The Morgan fingerprint density at radius 3 is 2.48 bits per heavy atom. The van der Waals surface area contributed by atoms with Crippen molar-refractivity contribution in [3.8, 4) is 5.75 Å². The fourth-order valence-electron chi connectivity index (χ4n) is 2.67. The molecule has 0 heterocycles. The maximum atomic E-state index is 12.1. The summed E-state index contributed by atoms with van der Waals surface area (Å²) in [5.41, 5.74) is 5.51. The molecule has 3 rings (SSSR count). The van der Waals surface area contributed by atoms with Crippen LogP contribution in [0.25, 0.3) is 0 Å². The molecule has 3 aromatic carbocycles. The lowest BCUT2D eigenvalue weighted by atomic mass is 10.1. The Labute approximate surface area is 185 Å². The van der Waals surface area contributed by atoms with Gasteiger partial charge < -0.3 is 10.1 Å². The monoisotopic (exact) mass is 435 g/mol. The van der Waals surface area contributed by atoms with Gasteiger partial charge in [0.05, 0.1) is 12.8 Å². The Morgan fingerprint density at radius 2 is 1.71 bits per heavy atom. The van der Waals surface area contributed by atoms with Crippen molar-refractivity contribution in [1.29, 1.82) is 0 Å². The van der Waals surface area contributed by atoms with E-state index >= 15 is 0 Å². The van der Waals surface area contributed by atoms with Crippen molar-refractivity contribution >= 4 is 29.6 Å². The molecule has 3 aromatic rings. The van der Waals surface area contributed by atoms with Crippen LogP contribution in [0.4, 0.5) is 0 Å². The third kappa shape index (κ3) is 6.69. The molecule has 31 heavy (non-hydrogen) atoms. The first-order chi connectivity index (χ1) is 15.0. The quantitative estimate of drug-likeness (QED) is 0.413. The number of nitrogens with one attached hydrogen (secondary N) is 2. The van der Waals surface area contributed by atoms with Crippen LogP contribution in [-0.2, 0) is 11.4 Å². The third-order valence-electron chi connectivity index (χ3n) is 4.38. The van der Waals surface area contributed by atoms with E-state index in [1.54, 1.807) is 18.2 Å². The number of nitrogens with zero attached hydrogens (tertiary/aromatic N) is 1.